The Bertz CT molecular complexity index is 1060. The third kappa shape index (κ3) is 5.87. The molecular formula is C35H60O10. The maximum Gasteiger partial charge on any atom is 0.187 e. The number of aliphatic hydroxyl groups is 6. The lowest BCUT2D eigenvalue weighted by atomic mass is 9.43. The molecule has 0 spiro atoms. The summed E-state index contributed by atoms with van der Waals surface area (Å²) in [6.07, 6.45) is 0.645. The summed E-state index contributed by atoms with van der Waals surface area (Å²) < 4.78 is 23.2. The molecule has 0 bridgehead atoms. The zero-order valence-corrected chi connectivity index (χ0v) is 28.3. The Morgan fingerprint density at radius 1 is 0.933 bits per heavy atom. The molecule has 5 aliphatic rings. The third-order valence-electron chi connectivity index (χ3n) is 13.5. The van der Waals surface area contributed by atoms with E-state index in [0.29, 0.717) is 18.8 Å². The highest BCUT2D eigenvalue weighted by atomic mass is 16.7. The smallest absolute Gasteiger partial charge is 0.187 e. The predicted octanol–water partition coefficient (Wildman–Crippen LogP) is 2.41. The molecule has 4 fully saturated rings. The van der Waals surface area contributed by atoms with Crippen LogP contribution in [0.15, 0.2) is 11.6 Å². The fourth-order valence-electron chi connectivity index (χ4n) is 10.8. The van der Waals surface area contributed by atoms with Gasteiger partial charge in [0.05, 0.1) is 36.6 Å². The van der Waals surface area contributed by atoms with Crippen LogP contribution in [-0.4, -0.2) is 113 Å². The molecule has 0 aromatic heterocycles. The molecule has 0 radical (unpaired) electrons. The van der Waals surface area contributed by atoms with Crippen LogP contribution in [0.1, 0.15) is 79.6 Å². The number of hydrogen-bond acceptors (Lipinski definition) is 10. The Morgan fingerprint density at radius 2 is 1.62 bits per heavy atom. The highest BCUT2D eigenvalue weighted by molar-refractivity contribution is 5.33. The Labute approximate surface area is 269 Å². The van der Waals surface area contributed by atoms with Crippen molar-refractivity contribution < 1.29 is 49.6 Å². The SMILES string of the molecule is CO[C@@H]1[C@@H](OC)[C@H](O[C@@H]2C=C3[C@H](O)C[C@@]4(O)[C@@H]5[C@@H](O)[C@H](O)[C@H]([C@H](C)CC[C@@H](C)[C@H](C)CO)[C@@]5(C)CC[C@@H]4[C@@]3(C)CC2)OC[C@H]1O. The summed E-state index contributed by atoms with van der Waals surface area (Å²) in [5.41, 5.74) is -1.47. The fraction of sp³-hybridized carbons (Fsp3) is 0.943. The minimum atomic E-state index is -1.34. The Balaban J connectivity index is 1.36. The van der Waals surface area contributed by atoms with Crippen molar-refractivity contribution in [2.24, 2.45) is 46.3 Å². The van der Waals surface area contributed by atoms with Gasteiger partial charge in [-0.2, -0.15) is 0 Å². The lowest BCUT2D eigenvalue weighted by molar-refractivity contribution is -0.289. The second-order valence-electron chi connectivity index (χ2n) is 15.9. The summed E-state index contributed by atoms with van der Waals surface area (Å²) >= 11 is 0. The van der Waals surface area contributed by atoms with E-state index >= 15 is 0 Å². The van der Waals surface area contributed by atoms with Crippen LogP contribution in [0.25, 0.3) is 0 Å². The van der Waals surface area contributed by atoms with E-state index in [1.165, 1.54) is 14.2 Å². The van der Waals surface area contributed by atoms with Crippen LogP contribution in [0, 0.1) is 46.3 Å². The van der Waals surface area contributed by atoms with E-state index in [2.05, 4.69) is 34.6 Å². The average molecular weight is 641 g/mol. The van der Waals surface area contributed by atoms with Crippen LogP contribution in [0.4, 0.5) is 0 Å². The molecule has 4 aliphatic carbocycles. The second kappa shape index (κ2) is 13.3. The minimum Gasteiger partial charge on any atom is -0.396 e. The van der Waals surface area contributed by atoms with Crippen LogP contribution in [-0.2, 0) is 18.9 Å². The van der Waals surface area contributed by atoms with Gasteiger partial charge >= 0.3 is 0 Å². The zero-order valence-electron chi connectivity index (χ0n) is 28.3. The van der Waals surface area contributed by atoms with Gasteiger partial charge in [0, 0.05) is 33.2 Å². The Morgan fingerprint density at radius 3 is 2.27 bits per heavy atom. The molecular weight excluding hydrogens is 580 g/mol. The van der Waals surface area contributed by atoms with Crippen molar-refractivity contribution in [1.82, 2.24) is 0 Å². The molecule has 5 rings (SSSR count). The minimum absolute atomic E-state index is 0.0660. The van der Waals surface area contributed by atoms with Gasteiger partial charge in [-0.1, -0.05) is 53.5 Å². The molecule has 0 aromatic carbocycles. The van der Waals surface area contributed by atoms with Crippen LogP contribution >= 0.6 is 0 Å². The van der Waals surface area contributed by atoms with Crippen molar-refractivity contribution >= 4 is 0 Å². The summed E-state index contributed by atoms with van der Waals surface area (Å²) in [5.74, 6) is -0.246. The van der Waals surface area contributed by atoms with Crippen LogP contribution < -0.4 is 0 Å². The van der Waals surface area contributed by atoms with Crippen molar-refractivity contribution in [2.45, 2.75) is 134 Å². The van der Waals surface area contributed by atoms with Crippen molar-refractivity contribution in [1.29, 1.82) is 0 Å². The average Bonchev–Trinajstić information content (AvgIpc) is 3.21. The predicted molar refractivity (Wildman–Crippen MR) is 167 cm³/mol. The standard InChI is InChI=1S/C35H60O10/c1-18(20(3)16-36)8-9-19(2)26-27(39)28(40)31-34(26,5)13-11-25-33(4)12-10-21(14-22(33)23(37)15-35(25,31)41)45-32-30(43-7)29(42-6)24(38)17-44-32/h14,18-21,23-32,36-41H,8-13,15-17H2,1-7H3/t18-,19-,20-,21+,23-,24-,25-,26+,27-,28+,29+,30-,31-,32+,33+,34-,35+/m1/s1. The maximum absolute atomic E-state index is 12.7. The summed E-state index contributed by atoms with van der Waals surface area (Å²) in [4.78, 5) is 0. The second-order valence-corrected chi connectivity index (χ2v) is 15.9. The highest BCUT2D eigenvalue weighted by Crippen LogP contribution is 2.69. The summed E-state index contributed by atoms with van der Waals surface area (Å²) in [5, 5.41) is 67.5. The first-order chi connectivity index (χ1) is 21.2. The van der Waals surface area contributed by atoms with Crippen molar-refractivity contribution in [3.8, 4) is 0 Å². The first-order valence-electron chi connectivity index (χ1n) is 17.3. The van der Waals surface area contributed by atoms with E-state index in [0.717, 1.165) is 31.3 Å². The fourth-order valence-corrected chi connectivity index (χ4v) is 10.8. The summed E-state index contributed by atoms with van der Waals surface area (Å²) in [7, 11) is 3.06. The zero-order chi connectivity index (χ0) is 33.1. The highest BCUT2D eigenvalue weighted by Gasteiger charge is 2.72. The van der Waals surface area contributed by atoms with Crippen molar-refractivity contribution in [3.63, 3.8) is 0 Å². The normalized spacial score (nSPS) is 50.2. The molecule has 1 saturated heterocycles. The number of fused-ring (bicyclic) bond motifs is 5. The molecule has 0 amide bonds. The lowest BCUT2D eigenvalue weighted by Crippen LogP contribution is -2.66. The molecule has 3 saturated carbocycles. The molecule has 17 atom stereocenters. The van der Waals surface area contributed by atoms with Gasteiger partial charge in [-0.3, -0.25) is 0 Å². The molecule has 1 heterocycles. The quantitative estimate of drug-likeness (QED) is 0.196. The molecule has 1 aliphatic heterocycles. The van der Waals surface area contributed by atoms with Gasteiger partial charge in [0.2, 0.25) is 0 Å². The molecule has 0 aromatic rings. The van der Waals surface area contributed by atoms with Crippen LogP contribution in [0.2, 0.25) is 0 Å². The van der Waals surface area contributed by atoms with Gasteiger partial charge < -0.3 is 49.6 Å². The monoisotopic (exact) mass is 640 g/mol. The maximum atomic E-state index is 12.7. The van der Waals surface area contributed by atoms with Crippen LogP contribution in [0.5, 0.6) is 0 Å². The Hall–Kier alpha value is -0.660. The van der Waals surface area contributed by atoms with Crippen molar-refractivity contribution in [3.05, 3.63) is 11.6 Å². The third-order valence-corrected chi connectivity index (χ3v) is 13.5. The topological polar surface area (TPSA) is 158 Å². The Kier molecular flexibility index (Phi) is 10.6. The summed E-state index contributed by atoms with van der Waals surface area (Å²) in [6, 6.07) is 0. The first-order valence-corrected chi connectivity index (χ1v) is 17.3. The van der Waals surface area contributed by atoms with E-state index in [9.17, 15) is 30.6 Å². The van der Waals surface area contributed by atoms with E-state index in [1.54, 1.807) is 0 Å². The molecule has 45 heavy (non-hydrogen) atoms. The van der Waals surface area contributed by atoms with Crippen LogP contribution in [0.3, 0.4) is 0 Å². The van der Waals surface area contributed by atoms with E-state index in [1.807, 2.05) is 6.08 Å². The molecule has 6 N–H and O–H groups in total. The molecule has 10 heteroatoms. The van der Waals surface area contributed by atoms with E-state index < -0.39 is 65.3 Å². The number of ether oxygens (including phenoxy) is 4. The van der Waals surface area contributed by atoms with Gasteiger partial charge in [-0.05, 0) is 71.7 Å². The summed E-state index contributed by atoms with van der Waals surface area (Å²) in [6.45, 7) is 10.8. The van der Waals surface area contributed by atoms with E-state index in [-0.39, 0.29) is 49.4 Å². The van der Waals surface area contributed by atoms with Gasteiger partial charge in [-0.15, -0.1) is 0 Å². The molecule has 10 nitrogen and oxygen atoms in total. The van der Waals surface area contributed by atoms with Crippen molar-refractivity contribution in [2.75, 3.05) is 27.4 Å². The number of methoxy groups -OCH3 is 2. The van der Waals surface area contributed by atoms with Gasteiger partial charge in [0.15, 0.2) is 6.29 Å². The first kappa shape index (κ1) is 35.6. The molecule has 260 valence electrons. The van der Waals surface area contributed by atoms with Gasteiger partial charge in [0.25, 0.3) is 0 Å². The van der Waals surface area contributed by atoms with E-state index in [4.69, 9.17) is 18.9 Å². The number of rotatable bonds is 10. The van der Waals surface area contributed by atoms with Gasteiger partial charge in [-0.25, -0.2) is 0 Å². The van der Waals surface area contributed by atoms with Gasteiger partial charge in [0.1, 0.15) is 18.3 Å². The lowest BCUT2D eigenvalue weighted by Gasteiger charge is -2.64. The molecule has 0 unspecified atom stereocenters. The number of hydrogen-bond donors (Lipinski definition) is 6. The number of aliphatic hydroxyl groups excluding tert-OH is 5. The largest absolute Gasteiger partial charge is 0.396 e.